The minimum absolute atomic E-state index is 0.344. The molecule has 2 aromatic heterocycles. The zero-order valence-electron chi connectivity index (χ0n) is 10.5. The molecule has 0 aliphatic carbocycles. The summed E-state index contributed by atoms with van der Waals surface area (Å²) in [5, 5.41) is 0. The van der Waals surface area contributed by atoms with E-state index in [1.54, 1.807) is 6.26 Å². The molecule has 0 aliphatic heterocycles. The van der Waals surface area contributed by atoms with E-state index in [2.05, 4.69) is 37.7 Å². The van der Waals surface area contributed by atoms with E-state index in [9.17, 15) is 0 Å². The Kier molecular flexibility index (Phi) is 2.70. The highest BCUT2D eigenvalue weighted by Gasteiger charge is 2.16. The van der Waals surface area contributed by atoms with Crippen molar-refractivity contribution >= 4 is 11.1 Å². The maximum absolute atomic E-state index is 5.55. The Morgan fingerprint density at radius 3 is 2.31 bits per heavy atom. The molecule has 2 rings (SSSR count). The van der Waals surface area contributed by atoms with Gasteiger partial charge in [0.2, 0.25) is 0 Å². The Morgan fingerprint density at radius 2 is 1.75 bits per heavy atom. The minimum Gasteiger partial charge on any atom is -0.460 e. The fourth-order valence-electron chi connectivity index (χ4n) is 1.72. The molecule has 0 saturated heterocycles. The zero-order valence-corrected chi connectivity index (χ0v) is 10.5. The molecule has 0 bridgehead atoms. The summed E-state index contributed by atoms with van der Waals surface area (Å²) < 4.78 is 5.55. The molecule has 2 aromatic rings. The SMILES string of the molecule is Cc1coc2c(C(C)C)nc(C(C)C)nc12. The summed E-state index contributed by atoms with van der Waals surface area (Å²) in [5.41, 5.74) is 3.90. The highest BCUT2D eigenvalue weighted by Crippen LogP contribution is 2.27. The first kappa shape index (κ1) is 11.1. The van der Waals surface area contributed by atoms with Crippen molar-refractivity contribution in [2.24, 2.45) is 0 Å². The predicted octanol–water partition coefficient (Wildman–Crippen LogP) is 3.78. The van der Waals surface area contributed by atoms with Gasteiger partial charge < -0.3 is 4.42 Å². The number of nitrogens with zero attached hydrogens (tertiary/aromatic N) is 2. The quantitative estimate of drug-likeness (QED) is 0.770. The molecule has 0 radical (unpaired) electrons. The van der Waals surface area contributed by atoms with Crippen LogP contribution in [0.4, 0.5) is 0 Å². The van der Waals surface area contributed by atoms with Crippen LogP contribution in [0.1, 0.15) is 56.6 Å². The van der Waals surface area contributed by atoms with Crippen molar-refractivity contribution in [1.29, 1.82) is 0 Å². The zero-order chi connectivity index (χ0) is 11.9. The van der Waals surface area contributed by atoms with Crippen molar-refractivity contribution in [3.05, 3.63) is 23.3 Å². The number of fused-ring (bicyclic) bond motifs is 1. The van der Waals surface area contributed by atoms with Crippen LogP contribution in [0, 0.1) is 6.92 Å². The molecule has 0 unspecified atom stereocenters. The molecule has 0 N–H and O–H groups in total. The van der Waals surface area contributed by atoms with E-state index < -0.39 is 0 Å². The Balaban J connectivity index is 2.75. The maximum atomic E-state index is 5.55. The highest BCUT2D eigenvalue weighted by molar-refractivity contribution is 5.78. The first-order chi connectivity index (χ1) is 7.50. The summed E-state index contributed by atoms with van der Waals surface area (Å²) in [6, 6.07) is 0. The van der Waals surface area contributed by atoms with E-state index in [-0.39, 0.29) is 0 Å². The standard InChI is InChI=1S/C13H18N2O/c1-7(2)10-12-11(9(5)6-16-12)15-13(14-10)8(3)4/h6-8H,1-5H3. The summed E-state index contributed by atoms with van der Waals surface area (Å²) >= 11 is 0. The topological polar surface area (TPSA) is 38.9 Å². The maximum Gasteiger partial charge on any atom is 0.174 e. The molecule has 2 heterocycles. The molecule has 0 aliphatic rings. The van der Waals surface area contributed by atoms with Crippen molar-refractivity contribution < 1.29 is 4.42 Å². The predicted molar refractivity (Wildman–Crippen MR) is 64.7 cm³/mol. The van der Waals surface area contributed by atoms with Crippen LogP contribution in [0.2, 0.25) is 0 Å². The first-order valence-corrected chi connectivity index (χ1v) is 5.76. The Labute approximate surface area is 95.9 Å². The third-order valence-corrected chi connectivity index (χ3v) is 2.70. The third-order valence-electron chi connectivity index (χ3n) is 2.70. The molecule has 0 aromatic carbocycles. The van der Waals surface area contributed by atoms with Crippen molar-refractivity contribution in [2.75, 3.05) is 0 Å². The van der Waals surface area contributed by atoms with Gasteiger partial charge in [0.1, 0.15) is 11.3 Å². The molecule has 0 atom stereocenters. The second kappa shape index (κ2) is 3.89. The van der Waals surface area contributed by atoms with Crippen LogP contribution in [-0.2, 0) is 0 Å². The van der Waals surface area contributed by atoms with E-state index in [0.29, 0.717) is 11.8 Å². The molecule has 0 amide bonds. The van der Waals surface area contributed by atoms with Gasteiger partial charge in [-0.1, -0.05) is 27.7 Å². The molecular weight excluding hydrogens is 200 g/mol. The lowest BCUT2D eigenvalue weighted by Gasteiger charge is -2.09. The lowest BCUT2D eigenvalue weighted by Crippen LogP contribution is -2.03. The average Bonchev–Trinajstić information content (AvgIpc) is 2.59. The van der Waals surface area contributed by atoms with Crippen LogP contribution in [-0.4, -0.2) is 9.97 Å². The molecule has 0 saturated carbocycles. The van der Waals surface area contributed by atoms with Crippen molar-refractivity contribution in [1.82, 2.24) is 9.97 Å². The Morgan fingerprint density at radius 1 is 1.06 bits per heavy atom. The third kappa shape index (κ3) is 1.70. The summed E-state index contributed by atoms with van der Waals surface area (Å²) in [6.45, 7) is 10.5. The number of hydrogen-bond acceptors (Lipinski definition) is 3. The Bertz CT molecular complexity index is 512. The van der Waals surface area contributed by atoms with Gasteiger partial charge in [-0.05, 0) is 12.8 Å². The van der Waals surface area contributed by atoms with Gasteiger partial charge in [-0.15, -0.1) is 0 Å². The van der Waals surface area contributed by atoms with Gasteiger partial charge in [-0.2, -0.15) is 0 Å². The number of furan rings is 1. The summed E-state index contributed by atoms with van der Waals surface area (Å²) in [7, 11) is 0. The van der Waals surface area contributed by atoms with Gasteiger partial charge >= 0.3 is 0 Å². The summed E-state index contributed by atoms with van der Waals surface area (Å²) in [4.78, 5) is 9.18. The molecule has 16 heavy (non-hydrogen) atoms. The second-order valence-electron chi connectivity index (χ2n) is 4.87. The van der Waals surface area contributed by atoms with Gasteiger partial charge in [0, 0.05) is 11.5 Å². The van der Waals surface area contributed by atoms with Gasteiger partial charge in [-0.3, -0.25) is 0 Å². The van der Waals surface area contributed by atoms with Crippen LogP contribution < -0.4 is 0 Å². The fourth-order valence-corrected chi connectivity index (χ4v) is 1.72. The lowest BCUT2D eigenvalue weighted by atomic mass is 10.1. The molecular formula is C13H18N2O. The van der Waals surface area contributed by atoms with Crippen molar-refractivity contribution in [3.63, 3.8) is 0 Å². The molecule has 86 valence electrons. The van der Waals surface area contributed by atoms with Gasteiger partial charge in [-0.25, -0.2) is 9.97 Å². The second-order valence-corrected chi connectivity index (χ2v) is 4.87. The lowest BCUT2D eigenvalue weighted by molar-refractivity contribution is 0.596. The van der Waals surface area contributed by atoms with Crippen molar-refractivity contribution in [3.8, 4) is 0 Å². The van der Waals surface area contributed by atoms with Gasteiger partial charge in [0.25, 0.3) is 0 Å². The van der Waals surface area contributed by atoms with Crippen LogP contribution in [0.5, 0.6) is 0 Å². The summed E-state index contributed by atoms with van der Waals surface area (Å²) in [5.74, 6) is 1.60. The van der Waals surface area contributed by atoms with Crippen LogP contribution in [0.3, 0.4) is 0 Å². The normalized spacial score (nSPS) is 11.9. The average molecular weight is 218 g/mol. The van der Waals surface area contributed by atoms with Crippen molar-refractivity contribution in [2.45, 2.75) is 46.5 Å². The van der Waals surface area contributed by atoms with Gasteiger partial charge in [0.05, 0.1) is 12.0 Å². The number of aromatic nitrogens is 2. The monoisotopic (exact) mass is 218 g/mol. The van der Waals surface area contributed by atoms with E-state index in [4.69, 9.17) is 4.42 Å². The fraction of sp³-hybridized carbons (Fsp3) is 0.538. The Hall–Kier alpha value is -1.38. The largest absolute Gasteiger partial charge is 0.460 e. The first-order valence-electron chi connectivity index (χ1n) is 5.76. The molecule has 0 fully saturated rings. The minimum atomic E-state index is 0.344. The van der Waals surface area contributed by atoms with E-state index in [1.807, 2.05) is 6.92 Å². The van der Waals surface area contributed by atoms with Crippen LogP contribution >= 0.6 is 0 Å². The number of hydrogen-bond donors (Lipinski definition) is 0. The van der Waals surface area contributed by atoms with E-state index >= 15 is 0 Å². The highest BCUT2D eigenvalue weighted by atomic mass is 16.3. The van der Waals surface area contributed by atoms with Crippen LogP contribution in [0.15, 0.2) is 10.7 Å². The number of rotatable bonds is 2. The molecule has 3 nitrogen and oxygen atoms in total. The van der Waals surface area contributed by atoms with Crippen LogP contribution in [0.25, 0.3) is 11.1 Å². The number of aryl methyl sites for hydroxylation is 1. The van der Waals surface area contributed by atoms with Gasteiger partial charge in [0.15, 0.2) is 5.58 Å². The summed E-state index contributed by atoms with van der Waals surface area (Å²) in [6.07, 6.45) is 1.76. The smallest absolute Gasteiger partial charge is 0.174 e. The van der Waals surface area contributed by atoms with E-state index in [1.165, 1.54) is 0 Å². The molecule has 3 heteroatoms. The molecule has 0 spiro atoms. The van der Waals surface area contributed by atoms with E-state index in [0.717, 1.165) is 28.2 Å².